The number of piperidine rings is 1. The molecule has 1 aliphatic rings. The largest absolute Gasteiger partial charge is 0.443 e. The van der Waals surface area contributed by atoms with Gasteiger partial charge < -0.3 is 9.32 Å². The van der Waals surface area contributed by atoms with Gasteiger partial charge >= 0.3 is 0 Å². The molecule has 1 saturated heterocycles. The molecular weight excluding hydrogens is 376 g/mol. The first-order valence-electron chi connectivity index (χ1n) is 9.56. The maximum atomic E-state index is 12.9. The van der Waals surface area contributed by atoms with E-state index in [1.807, 2.05) is 42.3 Å². The number of rotatable bonds is 5. The second-order valence-electron chi connectivity index (χ2n) is 7.25. The molecule has 0 N–H and O–H groups in total. The Hall–Kier alpha value is -2.60. The third-order valence-electron chi connectivity index (χ3n) is 5.06. The van der Waals surface area contributed by atoms with Crippen LogP contribution in [0.5, 0.6) is 0 Å². The molecule has 1 aromatic carbocycles. The molecule has 0 unspecified atom stereocenters. The fraction of sp³-hybridized carbons (Fsp3) is 0.381. The summed E-state index contributed by atoms with van der Waals surface area (Å²) < 4.78 is 7.71. The van der Waals surface area contributed by atoms with Crippen LogP contribution in [0.3, 0.4) is 0 Å². The standard InChI is InChI=1S/C21H23ClN4O2/c1-15-11-24-25(13-15)14-20(27)26-9-5-4-8-19(26)21-23-12-17(28-21)10-16-6-2-3-7-18(16)22/h2-3,6-7,11-13,19H,4-5,8-10,14H2,1H3/t19-/m0/s1. The van der Waals surface area contributed by atoms with Crippen molar-refractivity contribution >= 4 is 17.5 Å². The highest BCUT2D eigenvalue weighted by Gasteiger charge is 2.31. The first kappa shape index (κ1) is 18.7. The van der Waals surface area contributed by atoms with Crippen molar-refractivity contribution in [1.29, 1.82) is 0 Å². The summed E-state index contributed by atoms with van der Waals surface area (Å²) in [6, 6.07) is 7.58. The SMILES string of the molecule is Cc1cnn(CC(=O)N2CCCC[C@H]2c2ncc(Cc3ccccc3Cl)o2)c1. The lowest BCUT2D eigenvalue weighted by Gasteiger charge is -2.33. The predicted molar refractivity (Wildman–Crippen MR) is 106 cm³/mol. The van der Waals surface area contributed by atoms with Crippen LogP contribution in [0.2, 0.25) is 5.02 Å². The fourth-order valence-electron chi connectivity index (χ4n) is 3.66. The number of aromatic nitrogens is 3. The van der Waals surface area contributed by atoms with Gasteiger partial charge in [-0.15, -0.1) is 0 Å². The molecule has 1 atom stereocenters. The van der Waals surface area contributed by atoms with Gasteiger partial charge in [0, 0.05) is 24.2 Å². The summed E-state index contributed by atoms with van der Waals surface area (Å²) >= 11 is 6.25. The van der Waals surface area contributed by atoms with E-state index in [0.717, 1.165) is 36.1 Å². The van der Waals surface area contributed by atoms with Crippen LogP contribution < -0.4 is 0 Å². The molecule has 28 heavy (non-hydrogen) atoms. The summed E-state index contributed by atoms with van der Waals surface area (Å²) in [4.78, 5) is 19.2. The smallest absolute Gasteiger partial charge is 0.244 e. The minimum atomic E-state index is -0.127. The van der Waals surface area contributed by atoms with E-state index in [1.54, 1.807) is 17.1 Å². The fourth-order valence-corrected chi connectivity index (χ4v) is 3.86. The summed E-state index contributed by atoms with van der Waals surface area (Å²) in [5.74, 6) is 1.40. The summed E-state index contributed by atoms with van der Waals surface area (Å²) in [6.45, 7) is 2.91. The normalized spacial score (nSPS) is 17.1. The predicted octanol–water partition coefficient (Wildman–Crippen LogP) is 4.18. The molecule has 1 aliphatic heterocycles. The number of benzene rings is 1. The van der Waals surface area contributed by atoms with Crippen LogP contribution in [0, 0.1) is 6.92 Å². The molecule has 1 fully saturated rings. The van der Waals surface area contributed by atoms with Crippen LogP contribution in [0.25, 0.3) is 0 Å². The molecule has 7 heteroatoms. The Bertz CT molecular complexity index is 965. The highest BCUT2D eigenvalue weighted by atomic mass is 35.5. The highest BCUT2D eigenvalue weighted by Crippen LogP contribution is 2.31. The number of halogens is 1. The minimum Gasteiger partial charge on any atom is -0.443 e. The van der Waals surface area contributed by atoms with Crippen molar-refractivity contribution in [3.05, 3.63) is 70.7 Å². The number of amides is 1. The Morgan fingerprint density at radius 3 is 2.93 bits per heavy atom. The van der Waals surface area contributed by atoms with Crippen LogP contribution in [0.4, 0.5) is 0 Å². The molecule has 0 aliphatic carbocycles. The second kappa shape index (κ2) is 8.19. The lowest BCUT2D eigenvalue weighted by molar-refractivity contribution is -0.136. The third-order valence-corrected chi connectivity index (χ3v) is 5.43. The van der Waals surface area contributed by atoms with E-state index in [4.69, 9.17) is 16.0 Å². The summed E-state index contributed by atoms with van der Waals surface area (Å²) in [6.07, 6.45) is 8.87. The number of likely N-dealkylation sites (tertiary alicyclic amines) is 1. The highest BCUT2D eigenvalue weighted by molar-refractivity contribution is 6.31. The molecule has 0 saturated carbocycles. The molecule has 1 amide bonds. The van der Waals surface area contributed by atoms with E-state index in [9.17, 15) is 4.79 Å². The average Bonchev–Trinajstić information content (AvgIpc) is 3.32. The number of carbonyl (C=O) groups excluding carboxylic acids is 1. The van der Waals surface area contributed by atoms with E-state index >= 15 is 0 Å². The molecule has 3 heterocycles. The topological polar surface area (TPSA) is 64.2 Å². The van der Waals surface area contributed by atoms with E-state index < -0.39 is 0 Å². The zero-order chi connectivity index (χ0) is 19.5. The lowest BCUT2D eigenvalue weighted by Crippen LogP contribution is -2.40. The number of hydrogen-bond donors (Lipinski definition) is 0. The molecule has 6 nitrogen and oxygen atoms in total. The second-order valence-corrected chi connectivity index (χ2v) is 7.65. The molecule has 3 aromatic rings. The van der Waals surface area contributed by atoms with Gasteiger partial charge in [0.15, 0.2) is 0 Å². The number of nitrogens with zero attached hydrogens (tertiary/aromatic N) is 4. The van der Waals surface area contributed by atoms with E-state index in [1.165, 1.54) is 0 Å². The molecule has 4 rings (SSSR count). The quantitative estimate of drug-likeness (QED) is 0.646. The molecular formula is C21H23ClN4O2. The summed E-state index contributed by atoms with van der Waals surface area (Å²) in [7, 11) is 0. The van der Waals surface area contributed by atoms with Crippen LogP contribution >= 0.6 is 11.6 Å². The molecule has 0 bridgehead atoms. The number of carbonyl (C=O) groups is 1. The van der Waals surface area contributed by atoms with Crippen molar-refractivity contribution in [2.75, 3.05) is 6.54 Å². The number of oxazole rings is 1. The Morgan fingerprint density at radius 2 is 2.14 bits per heavy atom. The van der Waals surface area contributed by atoms with Gasteiger partial charge in [-0.3, -0.25) is 9.48 Å². The summed E-state index contributed by atoms with van der Waals surface area (Å²) in [5, 5.41) is 4.94. The number of hydrogen-bond acceptors (Lipinski definition) is 4. The number of aryl methyl sites for hydroxylation is 1. The Morgan fingerprint density at radius 1 is 1.29 bits per heavy atom. The van der Waals surface area contributed by atoms with Crippen LogP contribution in [-0.4, -0.2) is 32.1 Å². The van der Waals surface area contributed by atoms with Gasteiger partial charge in [-0.2, -0.15) is 5.10 Å². The van der Waals surface area contributed by atoms with Crippen molar-refractivity contribution in [3.63, 3.8) is 0 Å². The first-order valence-corrected chi connectivity index (χ1v) is 9.94. The van der Waals surface area contributed by atoms with Crippen molar-refractivity contribution < 1.29 is 9.21 Å². The van der Waals surface area contributed by atoms with Gasteiger partial charge in [0.1, 0.15) is 18.3 Å². The zero-order valence-corrected chi connectivity index (χ0v) is 16.6. The Balaban J connectivity index is 1.49. The van der Waals surface area contributed by atoms with Gasteiger partial charge in [0.05, 0.1) is 12.4 Å². The van der Waals surface area contributed by atoms with Crippen molar-refractivity contribution in [2.24, 2.45) is 0 Å². The van der Waals surface area contributed by atoms with Gasteiger partial charge in [0.2, 0.25) is 11.8 Å². The molecule has 0 radical (unpaired) electrons. The van der Waals surface area contributed by atoms with E-state index in [-0.39, 0.29) is 18.5 Å². The Kier molecular flexibility index (Phi) is 5.48. The monoisotopic (exact) mass is 398 g/mol. The van der Waals surface area contributed by atoms with Gasteiger partial charge in [-0.05, 0) is 43.4 Å². The summed E-state index contributed by atoms with van der Waals surface area (Å²) in [5.41, 5.74) is 2.04. The van der Waals surface area contributed by atoms with E-state index in [2.05, 4.69) is 10.1 Å². The molecule has 0 spiro atoms. The van der Waals surface area contributed by atoms with Crippen molar-refractivity contribution in [2.45, 2.75) is 45.2 Å². The van der Waals surface area contributed by atoms with Gasteiger partial charge in [-0.25, -0.2) is 4.98 Å². The zero-order valence-electron chi connectivity index (χ0n) is 15.8. The van der Waals surface area contributed by atoms with E-state index in [0.29, 0.717) is 23.9 Å². The van der Waals surface area contributed by atoms with Crippen LogP contribution in [0.15, 0.2) is 47.3 Å². The van der Waals surface area contributed by atoms with Gasteiger partial charge in [0.25, 0.3) is 0 Å². The average molecular weight is 399 g/mol. The molecule has 146 valence electrons. The van der Waals surface area contributed by atoms with Crippen molar-refractivity contribution in [3.8, 4) is 0 Å². The maximum absolute atomic E-state index is 12.9. The minimum absolute atomic E-state index is 0.0404. The van der Waals surface area contributed by atoms with Crippen LogP contribution in [0.1, 0.15) is 48.1 Å². The van der Waals surface area contributed by atoms with Crippen LogP contribution in [-0.2, 0) is 17.8 Å². The van der Waals surface area contributed by atoms with Gasteiger partial charge in [-0.1, -0.05) is 29.8 Å². The lowest BCUT2D eigenvalue weighted by atomic mass is 10.0. The maximum Gasteiger partial charge on any atom is 0.244 e. The van der Waals surface area contributed by atoms with Crippen molar-refractivity contribution in [1.82, 2.24) is 19.7 Å². The first-order chi connectivity index (χ1) is 13.6. The third kappa shape index (κ3) is 4.12. The Labute approximate surface area is 169 Å². The molecule has 2 aromatic heterocycles.